The summed E-state index contributed by atoms with van der Waals surface area (Å²) >= 11 is 0. The van der Waals surface area contributed by atoms with E-state index in [0.29, 0.717) is 12.1 Å². The predicted molar refractivity (Wildman–Crippen MR) is 76.4 cm³/mol. The molecule has 2 aromatic carbocycles. The first-order chi connectivity index (χ1) is 10.2. The second-order valence-corrected chi connectivity index (χ2v) is 4.75. The van der Waals surface area contributed by atoms with Crippen molar-refractivity contribution in [1.82, 2.24) is 15.0 Å². The van der Waals surface area contributed by atoms with Crippen LogP contribution in [0, 0.1) is 5.82 Å². The molecule has 21 heavy (non-hydrogen) atoms. The van der Waals surface area contributed by atoms with Crippen molar-refractivity contribution in [3.8, 4) is 5.69 Å². The van der Waals surface area contributed by atoms with E-state index in [0.717, 1.165) is 11.3 Å². The molecule has 0 saturated carbocycles. The van der Waals surface area contributed by atoms with Crippen molar-refractivity contribution in [2.45, 2.75) is 12.5 Å². The topological polar surface area (TPSA) is 50.9 Å². The van der Waals surface area contributed by atoms with E-state index in [4.69, 9.17) is 0 Å². The molecule has 0 aliphatic rings. The number of aliphatic hydroxyl groups excluding tert-OH is 1. The van der Waals surface area contributed by atoms with Gasteiger partial charge in [0.1, 0.15) is 11.9 Å². The van der Waals surface area contributed by atoms with Gasteiger partial charge in [-0.1, -0.05) is 35.5 Å². The van der Waals surface area contributed by atoms with Crippen LogP contribution in [-0.4, -0.2) is 20.1 Å². The quantitative estimate of drug-likeness (QED) is 0.801. The van der Waals surface area contributed by atoms with Crippen molar-refractivity contribution in [1.29, 1.82) is 0 Å². The van der Waals surface area contributed by atoms with Gasteiger partial charge in [-0.3, -0.25) is 0 Å². The Kier molecular flexibility index (Phi) is 3.75. The first kappa shape index (κ1) is 13.5. The molecule has 0 saturated heterocycles. The molecule has 1 heterocycles. The lowest BCUT2D eigenvalue weighted by Crippen LogP contribution is -2.09. The van der Waals surface area contributed by atoms with E-state index in [2.05, 4.69) is 10.3 Å². The largest absolute Gasteiger partial charge is 0.386 e. The normalized spacial score (nSPS) is 12.3. The average molecular weight is 283 g/mol. The van der Waals surface area contributed by atoms with E-state index in [1.165, 1.54) is 12.1 Å². The maximum Gasteiger partial charge on any atom is 0.123 e. The van der Waals surface area contributed by atoms with Gasteiger partial charge >= 0.3 is 0 Å². The van der Waals surface area contributed by atoms with E-state index in [-0.39, 0.29) is 5.82 Å². The second kappa shape index (κ2) is 5.85. The number of aliphatic hydroxyl groups is 1. The summed E-state index contributed by atoms with van der Waals surface area (Å²) in [6.07, 6.45) is 1.16. The van der Waals surface area contributed by atoms with Crippen LogP contribution in [-0.2, 0) is 6.42 Å². The molecule has 106 valence electrons. The zero-order chi connectivity index (χ0) is 14.7. The molecule has 0 spiro atoms. The molecule has 0 fully saturated rings. The monoisotopic (exact) mass is 283 g/mol. The molecule has 0 aliphatic heterocycles. The van der Waals surface area contributed by atoms with Crippen LogP contribution in [0.3, 0.4) is 0 Å². The summed E-state index contributed by atoms with van der Waals surface area (Å²) in [7, 11) is 0. The van der Waals surface area contributed by atoms with Gasteiger partial charge in [0.15, 0.2) is 0 Å². The van der Waals surface area contributed by atoms with Crippen LogP contribution in [0.2, 0.25) is 0 Å². The Bertz CT molecular complexity index is 710. The Labute approximate surface area is 121 Å². The molecule has 1 N–H and O–H groups in total. The molecule has 4 nitrogen and oxygen atoms in total. The molecular formula is C16H14FN3O. The maximum absolute atomic E-state index is 12.9. The highest BCUT2D eigenvalue weighted by atomic mass is 19.1. The number of aromatic nitrogens is 3. The molecule has 5 heteroatoms. The number of rotatable bonds is 4. The van der Waals surface area contributed by atoms with Gasteiger partial charge in [-0.25, -0.2) is 9.07 Å². The summed E-state index contributed by atoms with van der Waals surface area (Å²) in [5.74, 6) is -0.288. The van der Waals surface area contributed by atoms with E-state index in [1.807, 2.05) is 30.3 Å². The first-order valence-corrected chi connectivity index (χ1v) is 6.62. The summed E-state index contributed by atoms with van der Waals surface area (Å²) in [6, 6.07) is 15.6. The molecule has 1 atom stereocenters. The third-order valence-corrected chi connectivity index (χ3v) is 3.26. The molecule has 0 bridgehead atoms. The van der Waals surface area contributed by atoms with Crippen molar-refractivity contribution in [3.05, 3.63) is 77.9 Å². The molecule has 1 aromatic heterocycles. The van der Waals surface area contributed by atoms with Gasteiger partial charge in [0, 0.05) is 6.42 Å². The Morgan fingerprint density at radius 2 is 1.76 bits per heavy atom. The summed E-state index contributed by atoms with van der Waals surface area (Å²) in [6.45, 7) is 0. The standard InChI is InChI=1S/C16H14FN3O/c17-13-8-6-12(7-9-13)10-16(21)15-11-18-19-20(15)14-4-2-1-3-5-14/h1-9,11,16,21H,10H2. The van der Waals surface area contributed by atoms with Crippen molar-refractivity contribution in [2.24, 2.45) is 0 Å². The van der Waals surface area contributed by atoms with Crippen molar-refractivity contribution in [3.63, 3.8) is 0 Å². The smallest absolute Gasteiger partial charge is 0.123 e. The Hall–Kier alpha value is -2.53. The minimum absolute atomic E-state index is 0.288. The fourth-order valence-corrected chi connectivity index (χ4v) is 2.19. The number of para-hydroxylation sites is 1. The zero-order valence-corrected chi connectivity index (χ0v) is 11.2. The van der Waals surface area contributed by atoms with Gasteiger partial charge in [0.05, 0.1) is 17.6 Å². The Morgan fingerprint density at radius 1 is 1.05 bits per heavy atom. The number of halogens is 1. The molecule has 0 amide bonds. The lowest BCUT2D eigenvalue weighted by Gasteiger charge is -2.12. The number of nitrogens with zero attached hydrogens (tertiary/aromatic N) is 3. The molecule has 0 radical (unpaired) electrons. The molecule has 3 rings (SSSR count). The molecule has 0 aliphatic carbocycles. The lowest BCUT2D eigenvalue weighted by molar-refractivity contribution is 0.170. The fraction of sp³-hybridized carbons (Fsp3) is 0.125. The van der Waals surface area contributed by atoms with Crippen LogP contribution in [0.1, 0.15) is 17.4 Å². The lowest BCUT2D eigenvalue weighted by atomic mass is 10.1. The summed E-state index contributed by atoms with van der Waals surface area (Å²) in [5, 5.41) is 18.3. The van der Waals surface area contributed by atoms with Gasteiger partial charge in [-0.15, -0.1) is 5.10 Å². The van der Waals surface area contributed by atoms with E-state index >= 15 is 0 Å². The van der Waals surface area contributed by atoms with Gasteiger partial charge < -0.3 is 5.11 Å². The highest BCUT2D eigenvalue weighted by molar-refractivity contribution is 5.32. The van der Waals surface area contributed by atoms with Crippen LogP contribution >= 0.6 is 0 Å². The number of benzene rings is 2. The number of hydrogen-bond acceptors (Lipinski definition) is 3. The molecule has 3 aromatic rings. The highest BCUT2D eigenvalue weighted by Gasteiger charge is 2.16. The Morgan fingerprint density at radius 3 is 2.48 bits per heavy atom. The van der Waals surface area contributed by atoms with Gasteiger partial charge in [0.2, 0.25) is 0 Å². The van der Waals surface area contributed by atoms with Crippen LogP contribution < -0.4 is 0 Å². The third-order valence-electron chi connectivity index (χ3n) is 3.26. The first-order valence-electron chi connectivity index (χ1n) is 6.62. The van der Waals surface area contributed by atoms with Crippen LogP contribution in [0.15, 0.2) is 60.8 Å². The summed E-state index contributed by atoms with van der Waals surface area (Å²) in [4.78, 5) is 0. The summed E-state index contributed by atoms with van der Waals surface area (Å²) < 4.78 is 14.5. The van der Waals surface area contributed by atoms with Crippen molar-refractivity contribution >= 4 is 0 Å². The van der Waals surface area contributed by atoms with Gasteiger partial charge in [0.25, 0.3) is 0 Å². The molecule has 1 unspecified atom stereocenters. The van der Waals surface area contributed by atoms with Crippen LogP contribution in [0.4, 0.5) is 4.39 Å². The Balaban J connectivity index is 1.84. The van der Waals surface area contributed by atoms with E-state index in [1.54, 1.807) is 23.0 Å². The second-order valence-electron chi connectivity index (χ2n) is 4.75. The van der Waals surface area contributed by atoms with Crippen molar-refractivity contribution in [2.75, 3.05) is 0 Å². The average Bonchev–Trinajstić information content (AvgIpc) is 3.00. The van der Waals surface area contributed by atoms with E-state index in [9.17, 15) is 9.50 Å². The van der Waals surface area contributed by atoms with Crippen LogP contribution in [0.25, 0.3) is 5.69 Å². The zero-order valence-electron chi connectivity index (χ0n) is 11.2. The maximum atomic E-state index is 12.9. The minimum atomic E-state index is -0.759. The SMILES string of the molecule is OC(Cc1ccc(F)cc1)c1cnnn1-c1ccccc1. The van der Waals surface area contributed by atoms with Gasteiger partial charge in [-0.05, 0) is 29.8 Å². The summed E-state index contributed by atoms with van der Waals surface area (Å²) in [5.41, 5.74) is 2.29. The van der Waals surface area contributed by atoms with Crippen LogP contribution in [0.5, 0.6) is 0 Å². The minimum Gasteiger partial charge on any atom is -0.386 e. The highest BCUT2D eigenvalue weighted by Crippen LogP contribution is 2.20. The van der Waals surface area contributed by atoms with Gasteiger partial charge in [-0.2, -0.15) is 0 Å². The fourth-order valence-electron chi connectivity index (χ4n) is 2.19. The van der Waals surface area contributed by atoms with Crippen molar-refractivity contribution < 1.29 is 9.50 Å². The third kappa shape index (κ3) is 2.98. The molecular weight excluding hydrogens is 269 g/mol. The number of hydrogen-bond donors (Lipinski definition) is 1. The van der Waals surface area contributed by atoms with E-state index < -0.39 is 6.10 Å². The predicted octanol–water partition coefficient (Wildman–Crippen LogP) is 2.68.